The van der Waals surface area contributed by atoms with E-state index in [0.717, 1.165) is 17.7 Å². The van der Waals surface area contributed by atoms with Crippen molar-refractivity contribution in [3.8, 4) is 0 Å². The number of carbonyl (C=O) groups is 1. The third-order valence-corrected chi connectivity index (χ3v) is 4.08. The van der Waals surface area contributed by atoms with Gasteiger partial charge >= 0.3 is 6.03 Å². The number of amides is 2. The van der Waals surface area contributed by atoms with Gasteiger partial charge in [-0.3, -0.25) is 10.3 Å². The topological polar surface area (TPSA) is 76.1 Å². The van der Waals surface area contributed by atoms with Crippen molar-refractivity contribution >= 4 is 22.5 Å². The molecule has 2 heterocycles. The minimum Gasteiger partial charge on any atom is -0.367 e. The molecule has 130 valence electrons. The van der Waals surface area contributed by atoms with Gasteiger partial charge in [0.15, 0.2) is 5.13 Å². The van der Waals surface area contributed by atoms with Gasteiger partial charge in [-0.05, 0) is 51.8 Å². The average molecular weight is 348 g/mol. The number of hydrogen-bond donors (Lipinski definition) is 2. The Labute approximate surface area is 146 Å². The molecule has 7 heteroatoms. The van der Waals surface area contributed by atoms with Crippen LogP contribution in [0.1, 0.15) is 39.0 Å². The number of pyridine rings is 1. The second kappa shape index (κ2) is 8.21. The van der Waals surface area contributed by atoms with Crippen LogP contribution in [-0.4, -0.2) is 28.6 Å². The van der Waals surface area contributed by atoms with E-state index in [1.807, 2.05) is 45.2 Å². The molecule has 2 rings (SSSR count). The molecule has 0 radical (unpaired) electrons. The first-order valence-corrected chi connectivity index (χ1v) is 8.82. The first kappa shape index (κ1) is 18.4. The highest BCUT2D eigenvalue weighted by Gasteiger charge is 2.26. The zero-order chi connectivity index (χ0) is 17.6. The second-order valence-electron chi connectivity index (χ2n) is 6.20. The second-order valence-corrected chi connectivity index (χ2v) is 7.06. The Morgan fingerprint density at radius 1 is 1.33 bits per heavy atom. The minimum absolute atomic E-state index is 0.106. The molecule has 0 fully saturated rings. The Kier molecular flexibility index (Phi) is 6.28. The highest BCUT2D eigenvalue weighted by molar-refractivity contribution is 7.13. The number of hydrogen-bond acceptors (Lipinski definition) is 5. The van der Waals surface area contributed by atoms with E-state index < -0.39 is 5.60 Å². The Bertz CT molecular complexity index is 656. The Hall–Kier alpha value is -1.99. The van der Waals surface area contributed by atoms with Gasteiger partial charge < -0.3 is 10.1 Å². The molecule has 24 heavy (non-hydrogen) atoms. The number of rotatable bonds is 7. The standard InChI is InChI=1S/C17H24N4O2S/c1-12(2)23-17(3,4)14-11-24-16(20-14)21-15(22)19-10-7-13-5-8-18-9-6-13/h5-6,8-9,11-12H,7,10H2,1-4H3,(H2,19,20,21,22). The molecule has 6 nitrogen and oxygen atoms in total. The number of carbonyl (C=O) groups excluding carboxylic acids is 1. The molecular weight excluding hydrogens is 324 g/mol. The number of nitrogens with zero attached hydrogens (tertiary/aromatic N) is 2. The van der Waals surface area contributed by atoms with Gasteiger partial charge in [0, 0.05) is 24.3 Å². The van der Waals surface area contributed by atoms with Gasteiger partial charge in [-0.1, -0.05) is 0 Å². The van der Waals surface area contributed by atoms with Crippen molar-refractivity contribution in [1.82, 2.24) is 15.3 Å². The monoisotopic (exact) mass is 348 g/mol. The fraction of sp³-hybridized carbons (Fsp3) is 0.471. The Morgan fingerprint density at radius 3 is 2.71 bits per heavy atom. The van der Waals surface area contributed by atoms with E-state index in [2.05, 4.69) is 20.6 Å². The lowest BCUT2D eigenvalue weighted by molar-refractivity contribution is -0.0623. The van der Waals surface area contributed by atoms with Gasteiger partial charge in [-0.15, -0.1) is 11.3 Å². The smallest absolute Gasteiger partial charge is 0.321 e. The van der Waals surface area contributed by atoms with Crippen molar-refractivity contribution in [2.75, 3.05) is 11.9 Å². The normalized spacial score (nSPS) is 11.5. The maximum absolute atomic E-state index is 11.9. The molecule has 0 aromatic carbocycles. The van der Waals surface area contributed by atoms with E-state index in [1.165, 1.54) is 11.3 Å². The van der Waals surface area contributed by atoms with E-state index >= 15 is 0 Å². The molecule has 0 aliphatic rings. The van der Waals surface area contributed by atoms with Gasteiger partial charge in [0.1, 0.15) is 5.60 Å². The summed E-state index contributed by atoms with van der Waals surface area (Å²) in [6.45, 7) is 8.48. The minimum atomic E-state index is -0.484. The molecule has 2 aromatic rings. The highest BCUT2D eigenvalue weighted by Crippen LogP contribution is 2.29. The average Bonchev–Trinajstić information content (AvgIpc) is 2.96. The zero-order valence-electron chi connectivity index (χ0n) is 14.5. The summed E-state index contributed by atoms with van der Waals surface area (Å²) >= 11 is 1.39. The molecule has 0 atom stereocenters. The predicted octanol–water partition coefficient (Wildman–Crippen LogP) is 3.56. The lowest BCUT2D eigenvalue weighted by Gasteiger charge is -2.25. The maximum Gasteiger partial charge on any atom is 0.321 e. The van der Waals surface area contributed by atoms with Crippen molar-refractivity contribution in [2.45, 2.75) is 45.8 Å². The summed E-state index contributed by atoms with van der Waals surface area (Å²) in [6.07, 6.45) is 4.35. The number of nitrogens with one attached hydrogen (secondary N) is 2. The largest absolute Gasteiger partial charge is 0.367 e. The third kappa shape index (κ3) is 5.58. The molecule has 0 unspecified atom stereocenters. The molecule has 0 spiro atoms. The first-order valence-electron chi connectivity index (χ1n) is 7.94. The molecule has 0 aliphatic carbocycles. The van der Waals surface area contributed by atoms with Gasteiger partial charge in [0.05, 0.1) is 11.8 Å². The number of ether oxygens (including phenoxy) is 1. The van der Waals surface area contributed by atoms with Crippen molar-refractivity contribution < 1.29 is 9.53 Å². The van der Waals surface area contributed by atoms with Crippen LogP contribution >= 0.6 is 11.3 Å². The predicted molar refractivity (Wildman–Crippen MR) is 96.3 cm³/mol. The van der Waals surface area contributed by atoms with Crippen molar-refractivity contribution in [3.05, 3.63) is 41.2 Å². The van der Waals surface area contributed by atoms with Crippen molar-refractivity contribution in [2.24, 2.45) is 0 Å². The zero-order valence-corrected chi connectivity index (χ0v) is 15.3. The van der Waals surface area contributed by atoms with Crippen LogP contribution in [0.5, 0.6) is 0 Å². The van der Waals surface area contributed by atoms with Crippen LogP contribution in [0, 0.1) is 0 Å². The molecule has 0 saturated heterocycles. The summed E-state index contributed by atoms with van der Waals surface area (Å²) in [7, 11) is 0. The van der Waals surface area contributed by atoms with E-state index in [1.54, 1.807) is 12.4 Å². The van der Waals surface area contributed by atoms with E-state index in [4.69, 9.17) is 4.74 Å². The van der Waals surface area contributed by atoms with Gasteiger partial charge in [0.25, 0.3) is 0 Å². The van der Waals surface area contributed by atoms with E-state index in [9.17, 15) is 4.79 Å². The maximum atomic E-state index is 11.9. The fourth-order valence-corrected chi connectivity index (χ4v) is 3.13. The summed E-state index contributed by atoms with van der Waals surface area (Å²) in [5.74, 6) is 0. The van der Waals surface area contributed by atoms with Crippen LogP contribution in [0.2, 0.25) is 0 Å². The SMILES string of the molecule is CC(C)OC(C)(C)c1csc(NC(=O)NCCc2ccncc2)n1. The molecule has 2 aromatic heterocycles. The Balaban J connectivity index is 1.82. The summed E-state index contributed by atoms with van der Waals surface area (Å²) in [5.41, 5.74) is 1.46. The number of thiazole rings is 1. The molecule has 0 bridgehead atoms. The molecule has 2 N–H and O–H groups in total. The van der Waals surface area contributed by atoms with Gasteiger partial charge in [-0.25, -0.2) is 9.78 Å². The summed E-state index contributed by atoms with van der Waals surface area (Å²) in [5, 5.41) is 8.06. The van der Waals surface area contributed by atoms with Crippen LogP contribution in [-0.2, 0) is 16.8 Å². The molecule has 0 aliphatic heterocycles. The van der Waals surface area contributed by atoms with Crippen LogP contribution in [0.4, 0.5) is 9.93 Å². The quantitative estimate of drug-likeness (QED) is 0.802. The molecule has 0 saturated carbocycles. The van der Waals surface area contributed by atoms with E-state index in [-0.39, 0.29) is 12.1 Å². The van der Waals surface area contributed by atoms with Gasteiger partial charge in [-0.2, -0.15) is 0 Å². The Morgan fingerprint density at radius 2 is 2.04 bits per heavy atom. The van der Waals surface area contributed by atoms with Crippen LogP contribution in [0.15, 0.2) is 29.9 Å². The van der Waals surface area contributed by atoms with Crippen LogP contribution in [0.25, 0.3) is 0 Å². The van der Waals surface area contributed by atoms with E-state index in [0.29, 0.717) is 11.7 Å². The van der Waals surface area contributed by atoms with Crippen LogP contribution in [0.3, 0.4) is 0 Å². The summed E-state index contributed by atoms with van der Waals surface area (Å²) < 4.78 is 5.87. The lowest BCUT2D eigenvalue weighted by atomic mass is 10.1. The van der Waals surface area contributed by atoms with Crippen LogP contribution < -0.4 is 10.6 Å². The molecular formula is C17H24N4O2S. The first-order chi connectivity index (χ1) is 11.4. The fourth-order valence-electron chi connectivity index (χ4n) is 2.27. The highest BCUT2D eigenvalue weighted by atomic mass is 32.1. The van der Waals surface area contributed by atoms with Gasteiger partial charge in [0.2, 0.25) is 0 Å². The molecule has 2 amide bonds. The van der Waals surface area contributed by atoms with Crippen molar-refractivity contribution in [1.29, 1.82) is 0 Å². The number of anilines is 1. The lowest BCUT2D eigenvalue weighted by Crippen LogP contribution is -2.30. The number of urea groups is 1. The van der Waals surface area contributed by atoms with Crippen molar-refractivity contribution in [3.63, 3.8) is 0 Å². The number of aromatic nitrogens is 2. The summed E-state index contributed by atoms with van der Waals surface area (Å²) in [4.78, 5) is 20.4. The summed E-state index contributed by atoms with van der Waals surface area (Å²) in [6, 6.07) is 3.61. The third-order valence-electron chi connectivity index (χ3n) is 3.32.